The second-order valence-corrected chi connectivity index (χ2v) is 6.47. The number of hydrogen-bond acceptors (Lipinski definition) is 5. The summed E-state index contributed by atoms with van der Waals surface area (Å²) in [5, 5.41) is 2.76. The second-order valence-electron chi connectivity index (χ2n) is 6.47. The summed E-state index contributed by atoms with van der Waals surface area (Å²) in [6.45, 7) is -2.81. The maximum atomic E-state index is 12.5. The van der Waals surface area contributed by atoms with E-state index in [2.05, 4.69) is 10.1 Å². The topological polar surface area (TPSA) is 77.1 Å². The largest absolute Gasteiger partial charge is 0.493 e. The van der Waals surface area contributed by atoms with Gasteiger partial charge in [-0.15, -0.1) is 0 Å². The van der Waals surface area contributed by atoms with Crippen LogP contribution in [0.1, 0.15) is 15.9 Å². The zero-order chi connectivity index (χ0) is 22.1. The molecule has 0 radical (unpaired) electrons. The summed E-state index contributed by atoms with van der Waals surface area (Å²) in [5.74, 6) is 0.0272. The standard InChI is InChI=1S/C21H24F2N2O5/c1-25(2)19(26)13-29-16-6-4-5-15(12-16)20(27)24-10-9-14-7-8-17(28-3)18(11-14)30-21(22)23/h4-8,11-12,21H,9-10,13H2,1-3H3,(H,24,27). The highest BCUT2D eigenvalue weighted by molar-refractivity contribution is 5.94. The van der Waals surface area contributed by atoms with E-state index in [1.807, 2.05) is 0 Å². The van der Waals surface area contributed by atoms with Gasteiger partial charge in [-0.05, 0) is 42.3 Å². The molecular weight excluding hydrogens is 398 g/mol. The molecule has 2 aromatic carbocycles. The van der Waals surface area contributed by atoms with Gasteiger partial charge in [0.15, 0.2) is 18.1 Å². The third kappa shape index (κ3) is 6.91. The predicted octanol–water partition coefficient (Wildman–Crippen LogP) is 2.74. The molecule has 30 heavy (non-hydrogen) atoms. The van der Waals surface area contributed by atoms with Crippen molar-refractivity contribution in [2.24, 2.45) is 0 Å². The van der Waals surface area contributed by atoms with Crippen molar-refractivity contribution in [1.29, 1.82) is 0 Å². The number of carbonyl (C=O) groups is 2. The molecule has 0 bridgehead atoms. The van der Waals surface area contributed by atoms with Gasteiger partial charge >= 0.3 is 6.61 Å². The van der Waals surface area contributed by atoms with Crippen LogP contribution in [0.3, 0.4) is 0 Å². The van der Waals surface area contributed by atoms with Crippen LogP contribution in [0.5, 0.6) is 17.2 Å². The Bertz CT molecular complexity index is 874. The van der Waals surface area contributed by atoms with Crippen molar-refractivity contribution in [2.45, 2.75) is 13.0 Å². The molecule has 0 atom stereocenters. The molecule has 1 N–H and O–H groups in total. The zero-order valence-electron chi connectivity index (χ0n) is 17.0. The molecule has 162 valence electrons. The smallest absolute Gasteiger partial charge is 0.387 e. The molecule has 0 unspecified atom stereocenters. The van der Waals surface area contributed by atoms with Crippen molar-refractivity contribution in [3.05, 3.63) is 53.6 Å². The van der Waals surface area contributed by atoms with Gasteiger partial charge in [-0.25, -0.2) is 0 Å². The molecule has 2 aromatic rings. The summed E-state index contributed by atoms with van der Waals surface area (Å²) in [4.78, 5) is 25.4. The highest BCUT2D eigenvalue weighted by atomic mass is 19.3. The number of carbonyl (C=O) groups excluding carboxylic acids is 2. The number of likely N-dealkylation sites (N-methyl/N-ethyl adjacent to an activating group) is 1. The molecule has 0 saturated carbocycles. The Hall–Kier alpha value is -3.36. The number of methoxy groups -OCH3 is 1. The third-order valence-electron chi connectivity index (χ3n) is 4.10. The summed E-state index contributed by atoms with van der Waals surface area (Å²) in [6.07, 6.45) is 0.406. The highest BCUT2D eigenvalue weighted by Gasteiger charge is 2.12. The molecule has 2 rings (SSSR count). The van der Waals surface area contributed by atoms with Crippen LogP contribution < -0.4 is 19.5 Å². The second kappa shape index (κ2) is 11.0. The Labute approximate surface area is 173 Å². The maximum Gasteiger partial charge on any atom is 0.387 e. The van der Waals surface area contributed by atoms with Gasteiger partial charge in [-0.1, -0.05) is 12.1 Å². The average molecular weight is 422 g/mol. The van der Waals surface area contributed by atoms with Crippen molar-refractivity contribution in [2.75, 3.05) is 34.4 Å². The van der Waals surface area contributed by atoms with E-state index < -0.39 is 6.61 Å². The molecule has 0 aliphatic rings. The summed E-state index contributed by atoms with van der Waals surface area (Å²) < 4.78 is 39.9. The Morgan fingerprint density at radius 1 is 1.10 bits per heavy atom. The SMILES string of the molecule is COc1ccc(CCNC(=O)c2cccc(OCC(=O)N(C)C)c2)cc1OC(F)F. The lowest BCUT2D eigenvalue weighted by Crippen LogP contribution is -2.28. The lowest BCUT2D eigenvalue weighted by Gasteiger charge is -2.13. The molecule has 2 amide bonds. The van der Waals surface area contributed by atoms with E-state index in [4.69, 9.17) is 9.47 Å². The number of nitrogens with zero attached hydrogens (tertiary/aromatic N) is 1. The van der Waals surface area contributed by atoms with Crippen LogP contribution in [-0.4, -0.2) is 57.7 Å². The quantitative estimate of drug-likeness (QED) is 0.637. The first-order valence-electron chi connectivity index (χ1n) is 9.13. The van der Waals surface area contributed by atoms with Gasteiger partial charge < -0.3 is 24.4 Å². The number of benzene rings is 2. The molecular formula is C21H24F2N2O5. The first-order chi connectivity index (χ1) is 14.3. The fourth-order valence-corrected chi connectivity index (χ4v) is 2.49. The number of hydrogen-bond donors (Lipinski definition) is 1. The van der Waals surface area contributed by atoms with E-state index in [1.165, 1.54) is 24.1 Å². The summed E-state index contributed by atoms with van der Waals surface area (Å²) in [6, 6.07) is 11.2. The molecule has 7 nitrogen and oxygen atoms in total. The van der Waals surface area contributed by atoms with E-state index in [9.17, 15) is 18.4 Å². The van der Waals surface area contributed by atoms with E-state index in [-0.39, 0.29) is 36.5 Å². The van der Waals surface area contributed by atoms with Crippen molar-refractivity contribution in [3.63, 3.8) is 0 Å². The van der Waals surface area contributed by atoms with Crippen LogP contribution in [0.4, 0.5) is 8.78 Å². The zero-order valence-corrected chi connectivity index (χ0v) is 17.0. The van der Waals surface area contributed by atoms with Crippen molar-refractivity contribution < 1.29 is 32.6 Å². The minimum Gasteiger partial charge on any atom is -0.493 e. The van der Waals surface area contributed by atoms with Crippen LogP contribution >= 0.6 is 0 Å². The molecule has 0 aliphatic heterocycles. The van der Waals surface area contributed by atoms with Gasteiger partial charge in [-0.2, -0.15) is 8.78 Å². The van der Waals surface area contributed by atoms with E-state index in [0.717, 1.165) is 0 Å². The van der Waals surface area contributed by atoms with Crippen molar-refractivity contribution >= 4 is 11.8 Å². The molecule has 0 aliphatic carbocycles. The van der Waals surface area contributed by atoms with Crippen molar-refractivity contribution in [3.8, 4) is 17.2 Å². The molecule has 0 heterocycles. The van der Waals surface area contributed by atoms with Crippen LogP contribution in [0.15, 0.2) is 42.5 Å². The van der Waals surface area contributed by atoms with Gasteiger partial charge in [0.1, 0.15) is 5.75 Å². The minimum absolute atomic E-state index is 0.0616. The first kappa shape index (κ1) is 22.9. The molecule has 0 aromatic heterocycles. The number of ether oxygens (including phenoxy) is 3. The predicted molar refractivity (Wildman–Crippen MR) is 106 cm³/mol. The third-order valence-corrected chi connectivity index (χ3v) is 4.10. The lowest BCUT2D eigenvalue weighted by molar-refractivity contribution is -0.130. The van der Waals surface area contributed by atoms with Gasteiger partial charge in [0.05, 0.1) is 7.11 Å². The normalized spacial score (nSPS) is 10.5. The van der Waals surface area contributed by atoms with Crippen LogP contribution in [0.2, 0.25) is 0 Å². The van der Waals surface area contributed by atoms with Crippen molar-refractivity contribution in [1.82, 2.24) is 10.2 Å². The number of halogens is 2. The number of rotatable bonds is 10. The van der Waals surface area contributed by atoms with E-state index in [1.54, 1.807) is 44.4 Å². The number of nitrogens with one attached hydrogen (secondary N) is 1. The average Bonchev–Trinajstić information content (AvgIpc) is 2.71. The maximum absolute atomic E-state index is 12.5. The Balaban J connectivity index is 1.92. The van der Waals surface area contributed by atoms with Gasteiger partial charge in [-0.3, -0.25) is 9.59 Å². The van der Waals surface area contributed by atoms with E-state index >= 15 is 0 Å². The van der Waals surface area contributed by atoms with Crippen LogP contribution in [-0.2, 0) is 11.2 Å². The first-order valence-corrected chi connectivity index (χ1v) is 9.13. The lowest BCUT2D eigenvalue weighted by atomic mass is 10.1. The van der Waals surface area contributed by atoms with Gasteiger partial charge in [0, 0.05) is 26.2 Å². The summed E-state index contributed by atoms with van der Waals surface area (Å²) in [7, 11) is 4.61. The number of amides is 2. The summed E-state index contributed by atoms with van der Waals surface area (Å²) >= 11 is 0. The van der Waals surface area contributed by atoms with Crippen LogP contribution in [0.25, 0.3) is 0 Å². The molecule has 9 heteroatoms. The highest BCUT2D eigenvalue weighted by Crippen LogP contribution is 2.29. The Kier molecular flexibility index (Phi) is 8.40. The minimum atomic E-state index is -2.96. The monoisotopic (exact) mass is 422 g/mol. The fraction of sp³-hybridized carbons (Fsp3) is 0.333. The van der Waals surface area contributed by atoms with Gasteiger partial charge in [0.2, 0.25) is 0 Å². The molecule has 0 fully saturated rings. The number of alkyl halides is 2. The van der Waals surface area contributed by atoms with Crippen LogP contribution in [0, 0.1) is 0 Å². The van der Waals surface area contributed by atoms with E-state index in [0.29, 0.717) is 23.3 Å². The fourth-order valence-electron chi connectivity index (χ4n) is 2.49. The molecule has 0 spiro atoms. The summed E-state index contributed by atoms with van der Waals surface area (Å²) in [5.41, 5.74) is 1.08. The Morgan fingerprint density at radius 3 is 2.53 bits per heavy atom. The Morgan fingerprint density at radius 2 is 1.87 bits per heavy atom. The molecule has 0 saturated heterocycles. The van der Waals surface area contributed by atoms with Gasteiger partial charge in [0.25, 0.3) is 11.8 Å².